The lowest BCUT2D eigenvalue weighted by Gasteiger charge is -2.36. The summed E-state index contributed by atoms with van der Waals surface area (Å²) in [6.07, 6.45) is 3.30. The van der Waals surface area contributed by atoms with Crippen LogP contribution in [0.4, 0.5) is 0 Å². The Hall–Kier alpha value is -0.620. The van der Waals surface area contributed by atoms with Crippen LogP contribution in [0.2, 0.25) is 0 Å². The van der Waals surface area contributed by atoms with Crippen LogP contribution < -0.4 is 5.73 Å². The van der Waals surface area contributed by atoms with Crippen LogP contribution in [0.1, 0.15) is 39.5 Å². The highest BCUT2D eigenvalue weighted by molar-refractivity contribution is 7.92. The number of carbonyl (C=O) groups is 1. The predicted octanol–water partition coefficient (Wildman–Crippen LogP) is 0.787. The smallest absolute Gasteiger partial charge is 0.225 e. The molecule has 0 aromatic heterocycles. The summed E-state index contributed by atoms with van der Waals surface area (Å²) in [6, 6.07) is 0. The van der Waals surface area contributed by atoms with Gasteiger partial charge in [-0.25, -0.2) is 8.42 Å². The topological polar surface area (TPSA) is 80.5 Å². The van der Waals surface area contributed by atoms with Gasteiger partial charge in [-0.05, 0) is 19.3 Å². The molecule has 3 atom stereocenters. The molecule has 0 aromatic carbocycles. The van der Waals surface area contributed by atoms with Gasteiger partial charge in [-0.3, -0.25) is 4.79 Å². The van der Waals surface area contributed by atoms with Crippen molar-refractivity contribution in [2.45, 2.75) is 44.8 Å². The molecule has 2 saturated heterocycles. The van der Waals surface area contributed by atoms with E-state index in [9.17, 15) is 13.2 Å². The van der Waals surface area contributed by atoms with Crippen molar-refractivity contribution in [1.82, 2.24) is 4.90 Å². The van der Waals surface area contributed by atoms with Crippen molar-refractivity contribution in [3.05, 3.63) is 0 Å². The zero-order valence-corrected chi connectivity index (χ0v) is 13.3. The van der Waals surface area contributed by atoms with Crippen LogP contribution >= 0.6 is 0 Å². The largest absolute Gasteiger partial charge is 0.340 e. The van der Waals surface area contributed by atoms with Gasteiger partial charge in [0.1, 0.15) is 0 Å². The average Bonchev–Trinajstić information content (AvgIpc) is 2.80. The minimum atomic E-state index is -3.11. The standard InChI is InChI=1S/C14H26N2O3S/c1-3-5-11(2)13(17)16-8-12-14(9-15,10-16)6-4-7-20(12,18)19/h11-12H,3-10,15H2,1-2H3. The summed E-state index contributed by atoms with van der Waals surface area (Å²) in [5.74, 6) is 0.299. The van der Waals surface area contributed by atoms with Crippen molar-refractivity contribution < 1.29 is 13.2 Å². The SMILES string of the molecule is CCCC(C)C(=O)N1CC2C(CN)(CCCS2(=O)=O)C1. The quantitative estimate of drug-likeness (QED) is 0.832. The molecule has 6 heteroatoms. The second-order valence-electron chi connectivity index (χ2n) is 6.43. The summed E-state index contributed by atoms with van der Waals surface area (Å²) in [6.45, 7) is 5.19. The second kappa shape index (κ2) is 5.64. The summed E-state index contributed by atoms with van der Waals surface area (Å²) >= 11 is 0. The Morgan fingerprint density at radius 2 is 2.20 bits per heavy atom. The number of fused-ring (bicyclic) bond motifs is 1. The summed E-state index contributed by atoms with van der Waals surface area (Å²) < 4.78 is 24.6. The third-order valence-corrected chi connectivity index (χ3v) is 7.35. The number of sulfone groups is 1. The number of rotatable bonds is 4. The van der Waals surface area contributed by atoms with Crippen molar-refractivity contribution in [2.24, 2.45) is 17.1 Å². The Morgan fingerprint density at radius 3 is 2.75 bits per heavy atom. The van der Waals surface area contributed by atoms with Crippen molar-refractivity contribution in [3.8, 4) is 0 Å². The maximum atomic E-state index is 12.4. The van der Waals surface area contributed by atoms with E-state index >= 15 is 0 Å². The number of nitrogens with zero attached hydrogens (tertiary/aromatic N) is 1. The lowest BCUT2D eigenvalue weighted by molar-refractivity contribution is -0.134. The number of carbonyl (C=O) groups excluding carboxylic acids is 1. The van der Waals surface area contributed by atoms with Gasteiger partial charge in [-0.1, -0.05) is 20.3 Å². The molecule has 2 heterocycles. The molecule has 116 valence electrons. The number of likely N-dealkylation sites (tertiary alicyclic amines) is 1. The highest BCUT2D eigenvalue weighted by Gasteiger charge is 2.54. The van der Waals surface area contributed by atoms with Gasteiger partial charge in [-0.2, -0.15) is 0 Å². The van der Waals surface area contributed by atoms with Crippen molar-refractivity contribution in [1.29, 1.82) is 0 Å². The predicted molar refractivity (Wildman–Crippen MR) is 78.9 cm³/mol. The fraction of sp³-hybridized carbons (Fsp3) is 0.929. The van der Waals surface area contributed by atoms with E-state index in [2.05, 4.69) is 6.92 Å². The zero-order valence-electron chi connectivity index (χ0n) is 12.5. The van der Waals surface area contributed by atoms with Gasteiger partial charge in [0.2, 0.25) is 5.91 Å². The van der Waals surface area contributed by atoms with E-state index in [1.54, 1.807) is 4.90 Å². The Morgan fingerprint density at radius 1 is 1.50 bits per heavy atom. The van der Waals surface area contributed by atoms with Gasteiger partial charge in [0.05, 0.1) is 11.0 Å². The van der Waals surface area contributed by atoms with E-state index in [-0.39, 0.29) is 17.6 Å². The first-order valence-electron chi connectivity index (χ1n) is 7.57. The van der Waals surface area contributed by atoms with Crippen molar-refractivity contribution >= 4 is 15.7 Å². The normalized spacial score (nSPS) is 33.8. The van der Waals surface area contributed by atoms with Gasteiger partial charge in [0.15, 0.2) is 9.84 Å². The molecule has 2 N–H and O–H groups in total. The zero-order chi connectivity index (χ0) is 15.0. The van der Waals surface area contributed by atoms with E-state index in [0.29, 0.717) is 26.1 Å². The lowest BCUT2D eigenvalue weighted by Crippen LogP contribution is -2.49. The number of amides is 1. The number of nitrogens with two attached hydrogens (primary N) is 1. The lowest BCUT2D eigenvalue weighted by atomic mass is 9.82. The molecule has 0 aromatic rings. The fourth-order valence-corrected chi connectivity index (χ4v) is 6.07. The van der Waals surface area contributed by atoms with Crippen LogP contribution in [0.25, 0.3) is 0 Å². The molecular formula is C14H26N2O3S. The Labute approximate surface area is 121 Å². The molecule has 2 aliphatic rings. The summed E-state index contributed by atoms with van der Waals surface area (Å²) in [7, 11) is -3.11. The highest BCUT2D eigenvalue weighted by Crippen LogP contribution is 2.43. The van der Waals surface area contributed by atoms with E-state index in [1.165, 1.54) is 0 Å². The fourth-order valence-electron chi connectivity index (χ4n) is 3.78. The monoisotopic (exact) mass is 302 g/mol. The molecule has 0 aliphatic carbocycles. The van der Waals surface area contributed by atoms with Gasteiger partial charge in [-0.15, -0.1) is 0 Å². The molecule has 2 fully saturated rings. The van der Waals surface area contributed by atoms with Gasteiger partial charge >= 0.3 is 0 Å². The molecular weight excluding hydrogens is 276 g/mol. The van der Waals surface area contributed by atoms with Crippen molar-refractivity contribution in [2.75, 3.05) is 25.4 Å². The van der Waals surface area contributed by atoms with E-state index in [1.807, 2.05) is 6.92 Å². The molecule has 0 saturated carbocycles. The molecule has 3 unspecified atom stereocenters. The molecule has 5 nitrogen and oxygen atoms in total. The van der Waals surface area contributed by atoms with Gasteiger partial charge < -0.3 is 10.6 Å². The molecule has 2 aliphatic heterocycles. The highest BCUT2D eigenvalue weighted by atomic mass is 32.2. The summed E-state index contributed by atoms with van der Waals surface area (Å²) in [5, 5.41) is -0.452. The van der Waals surface area contributed by atoms with Crippen LogP contribution in [0.3, 0.4) is 0 Å². The van der Waals surface area contributed by atoms with Crippen LogP contribution in [0.5, 0.6) is 0 Å². The average molecular weight is 302 g/mol. The summed E-state index contributed by atoms with van der Waals surface area (Å²) in [5.41, 5.74) is 5.49. The molecule has 20 heavy (non-hydrogen) atoms. The molecule has 1 amide bonds. The van der Waals surface area contributed by atoms with Crippen LogP contribution in [-0.2, 0) is 14.6 Å². The van der Waals surface area contributed by atoms with Crippen LogP contribution in [-0.4, -0.2) is 49.9 Å². The first kappa shape index (κ1) is 15.8. The van der Waals surface area contributed by atoms with Gasteiger partial charge in [0.25, 0.3) is 0 Å². The Balaban J connectivity index is 2.20. The second-order valence-corrected chi connectivity index (χ2v) is 8.74. The Kier molecular flexibility index (Phi) is 4.44. The van der Waals surface area contributed by atoms with E-state index in [0.717, 1.165) is 19.3 Å². The van der Waals surface area contributed by atoms with Crippen LogP contribution in [0, 0.1) is 11.3 Å². The first-order chi connectivity index (χ1) is 9.36. The van der Waals surface area contributed by atoms with E-state index in [4.69, 9.17) is 5.73 Å². The molecule has 0 spiro atoms. The number of hydrogen-bond acceptors (Lipinski definition) is 4. The van der Waals surface area contributed by atoms with Crippen molar-refractivity contribution in [3.63, 3.8) is 0 Å². The minimum Gasteiger partial charge on any atom is -0.340 e. The minimum absolute atomic E-state index is 0.0299. The molecule has 0 bridgehead atoms. The van der Waals surface area contributed by atoms with Crippen LogP contribution in [0.15, 0.2) is 0 Å². The third kappa shape index (κ3) is 2.60. The van der Waals surface area contributed by atoms with Gasteiger partial charge in [0, 0.05) is 31.0 Å². The molecule has 2 rings (SSSR count). The number of hydrogen-bond donors (Lipinski definition) is 1. The molecule has 0 radical (unpaired) electrons. The maximum Gasteiger partial charge on any atom is 0.225 e. The maximum absolute atomic E-state index is 12.4. The first-order valence-corrected chi connectivity index (χ1v) is 9.28. The van der Waals surface area contributed by atoms with E-state index < -0.39 is 20.5 Å². The third-order valence-electron chi connectivity index (χ3n) is 4.97. The summed E-state index contributed by atoms with van der Waals surface area (Å²) in [4.78, 5) is 14.2. The Bertz CT molecular complexity index is 477.